The van der Waals surface area contributed by atoms with Crippen molar-refractivity contribution in [2.75, 3.05) is 91.2 Å². The van der Waals surface area contributed by atoms with Crippen molar-refractivity contribution in [3.8, 4) is 5.75 Å². The van der Waals surface area contributed by atoms with Gasteiger partial charge in [-0.25, -0.2) is 4.79 Å². The Morgan fingerprint density at radius 3 is 2.00 bits per heavy atom. The highest BCUT2D eigenvalue weighted by molar-refractivity contribution is 5.84. The van der Waals surface area contributed by atoms with E-state index >= 15 is 0 Å². The van der Waals surface area contributed by atoms with Gasteiger partial charge in [0.05, 0.1) is 79.3 Å². The molecule has 1 aromatic carbocycles. The summed E-state index contributed by atoms with van der Waals surface area (Å²) in [5, 5.41) is 2.72. The molecule has 10 nitrogen and oxygen atoms in total. The van der Waals surface area contributed by atoms with Crippen molar-refractivity contribution >= 4 is 11.8 Å². The summed E-state index contributed by atoms with van der Waals surface area (Å²) in [4.78, 5) is 12.3. The molecule has 2 rings (SSSR count). The molecule has 1 aliphatic heterocycles. The molecule has 206 valence electrons. The van der Waals surface area contributed by atoms with Crippen LogP contribution >= 0.6 is 0 Å². The number of benzene rings is 1. The minimum atomic E-state index is -0.567. The van der Waals surface area contributed by atoms with Crippen molar-refractivity contribution in [3.63, 3.8) is 0 Å². The van der Waals surface area contributed by atoms with Crippen molar-refractivity contribution in [3.05, 3.63) is 24.3 Å². The molecule has 1 aromatic rings. The lowest BCUT2D eigenvalue weighted by Gasteiger charge is -2.19. The van der Waals surface area contributed by atoms with E-state index in [9.17, 15) is 4.79 Å². The molecule has 1 N–H and O–H groups in total. The van der Waals surface area contributed by atoms with Crippen LogP contribution in [0.4, 0.5) is 10.5 Å². The second kappa shape index (κ2) is 21.2. The molecule has 1 atom stereocenters. The van der Waals surface area contributed by atoms with Gasteiger partial charge in [-0.2, -0.15) is 0 Å². The van der Waals surface area contributed by atoms with Gasteiger partial charge in [-0.05, 0) is 30.7 Å². The van der Waals surface area contributed by atoms with Crippen LogP contribution in [0.1, 0.15) is 32.6 Å². The predicted octanol–water partition coefficient (Wildman–Crippen LogP) is 3.68. The minimum absolute atomic E-state index is 0.0442. The molecular weight excluding hydrogens is 470 g/mol. The van der Waals surface area contributed by atoms with Gasteiger partial charge in [0.1, 0.15) is 18.5 Å². The maximum Gasteiger partial charge on any atom is 0.411 e. The van der Waals surface area contributed by atoms with Crippen LogP contribution < -0.4 is 10.1 Å². The normalized spacial score (nSPS) is 19.5. The number of carbonyl (C=O) groups is 1. The third kappa shape index (κ3) is 15.9. The molecule has 0 bridgehead atoms. The van der Waals surface area contributed by atoms with Crippen LogP contribution in [0.25, 0.3) is 0 Å². The van der Waals surface area contributed by atoms with E-state index in [4.69, 9.17) is 37.9 Å². The largest absolute Gasteiger partial charge is 0.494 e. The number of carbonyl (C=O) groups excluding carboxylic acids is 1. The van der Waals surface area contributed by atoms with Gasteiger partial charge in [0.25, 0.3) is 0 Å². The van der Waals surface area contributed by atoms with Crippen LogP contribution in [0.2, 0.25) is 0 Å². The smallest absolute Gasteiger partial charge is 0.411 e. The van der Waals surface area contributed by atoms with E-state index in [1.807, 2.05) is 12.1 Å². The number of amides is 1. The molecule has 0 saturated carbocycles. The Labute approximate surface area is 214 Å². The molecule has 36 heavy (non-hydrogen) atoms. The van der Waals surface area contributed by atoms with E-state index in [2.05, 4.69) is 12.2 Å². The number of unbranched alkanes of at least 4 members (excludes halogenated alkanes) is 3. The van der Waals surface area contributed by atoms with Gasteiger partial charge in [-0.1, -0.05) is 26.2 Å². The molecule has 1 heterocycles. The zero-order valence-electron chi connectivity index (χ0n) is 21.6. The summed E-state index contributed by atoms with van der Waals surface area (Å²) < 4.78 is 44.3. The van der Waals surface area contributed by atoms with Crippen molar-refractivity contribution < 1.29 is 42.7 Å². The Balaban J connectivity index is 1.68. The maximum absolute atomic E-state index is 12.3. The first-order valence-electron chi connectivity index (χ1n) is 12.9. The summed E-state index contributed by atoms with van der Waals surface area (Å²) in [5.74, 6) is 0.776. The van der Waals surface area contributed by atoms with Crippen LogP contribution in [0.5, 0.6) is 5.75 Å². The fraction of sp³-hybridized carbons (Fsp3) is 0.731. The standard InChI is InChI=1S/C26H43NO9/c1-2-3-4-5-10-34-24-8-6-23(7-9-24)27-26(28)36-22-25-21-33-18-17-31-14-13-29-11-12-30-15-16-32-19-20-35-25/h6-9,25H,2-5,10-22H2,1H3,(H,27,28). The first-order chi connectivity index (χ1) is 17.8. The fourth-order valence-corrected chi connectivity index (χ4v) is 3.19. The van der Waals surface area contributed by atoms with Crippen LogP contribution in [0, 0.1) is 0 Å². The van der Waals surface area contributed by atoms with Crippen LogP contribution in [-0.4, -0.2) is 98.1 Å². The summed E-state index contributed by atoms with van der Waals surface area (Å²) in [6, 6.07) is 7.23. The van der Waals surface area contributed by atoms with Gasteiger partial charge in [-0.3, -0.25) is 5.32 Å². The molecule has 1 aliphatic rings. The molecule has 0 spiro atoms. The molecular formula is C26H43NO9. The van der Waals surface area contributed by atoms with Crippen molar-refractivity contribution in [1.29, 1.82) is 0 Å². The summed E-state index contributed by atoms with van der Waals surface area (Å²) >= 11 is 0. The Morgan fingerprint density at radius 2 is 1.39 bits per heavy atom. The highest BCUT2D eigenvalue weighted by Gasteiger charge is 2.14. The highest BCUT2D eigenvalue weighted by Crippen LogP contribution is 2.16. The summed E-state index contributed by atoms with van der Waals surface area (Å²) in [6.45, 7) is 7.76. The molecule has 1 saturated heterocycles. The Hall–Kier alpha value is -1.95. The third-order valence-corrected chi connectivity index (χ3v) is 5.14. The summed E-state index contributed by atoms with van der Waals surface area (Å²) in [7, 11) is 0. The first-order valence-corrected chi connectivity index (χ1v) is 12.9. The third-order valence-electron chi connectivity index (χ3n) is 5.14. The van der Waals surface area contributed by atoms with E-state index in [0.29, 0.717) is 78.4 Å². The Kier molecular flexibility index (Phi) is 17.8. The van der Waals surface area contributed by atoms with E-state index in [1.54, 1.807) is 12.1 Å². The lowest BCUT2D eigenvalue weighted by molar-refractivity contribution is -0.0746. The molecule has 10 heteroatoms. The molecule has 0 aromatic heterocycles. The van der Waals surface area contributed by atoms with Crippen LogP contribution in [0.15, 0.2) is 24.3 Å². The number of hydrogen-bond acceptors (Lipinski definition) is 9. The first kappa shape index (κ1) is 30.3. The van der Waals surface area contributed by atoms with Crippen LogP contribution in [0.3, 0.4) is 0 Å². The van der Waals surface area contributed by atoms with Gasteiger partial charge >= 0.3 is 6.09 Å². The maximum atomic E-state index is 12.3. The van der Waals surface area contributed by atoms with Gasteiger partial charge < -0.3 is 37.9 Å². The zero-order valence-corrected chi connectivity index (χ0v) is 21.6. The van der Waals surface area contributed by atoms with Gasteiger partial charge in [0, 0.05) is 5.69 Å². The zero-order chi connectivity index (χ0) is 25.5. The van der Waals surface area contributed by atoms with Gasteiger partial charge in [0.15, 0.2) is 0 Å². The number of ether oxygens (including phenoxy) is 8. The lowest BCUT2D eigenvalue weighted by Crippen LogP contribution is -2.30. The summed E-state index contributed by atoms with van der Waals surface area (Å²) in [5.41, 5.74) is 0.622. The second-order valence-electron chi connectivity index (χ2n) is 8.17. The van der Waals surface area contributed by atoms with Crippen molar-refractivity contribution in [1.82, 2.24) is 0 Å². The average Bonchev–Trinajstić information content (AvgIpc) is 2.89. The molecule has 1 amide bonds. The Bertz CT molecular complexity index is 641. The molecule has 1 unspecified atom stereocenters. The number of anilines is 1. The number of hydrogen-bond donors (Lipinski definition) is 1. The predicted molar refractivity (Wildman–Crippen MR) is 135 cm³/mol. The molecule has 0 aliphatic carbocycles. The second-order valence-corrected chi connectivity index (χ2v) is 8.17. The van der Waals surface area contributed by atoms with Crippen molar-refractivity contribution in [2.24, 2.45) is 0 Å². The quantitative estimate of drug-likeness (QED) is 0.495. The lowest BCUT2D eigenvalue weighted by atomic mass is 10.2. The summed E-state index contributed by atoms with van der Waals surface area (Å²) in [6.07, 6.45) is 3.63. The van der Waals surface area contributed by atoms with Gasteiger partial charge in [-0.15, -0.1) is 0 Å². The highest BCUT2D eigenvalue weighted by atomic mass is 16.6. The topological polar surface area (TPSA) is 103 Å². The molecule has 1 fully saturated rings. The van der Waals surface area contributed by atoms with E-state index in [0.717, 1.165) is 12.2 Å². The van der Waals surface area contributed by atoms with Crippen LogP contribution in [-0.2, 0) is 33.2 Å². The fourth-order valence-electron chi connectivity index (χ4n) is 3.19. The molecule has 0 radical (unpaired) electrons. The monoisotopic (exact) mass is 513 g/mol. The van der Waals surface area contributed by atoms with Crippen molar-refractivity contribution in [2.45, 2.75) is 38.7 Å². The van der Waals surface area contributed by atoms with Gasteiger partial charge in [0.2, 0.25) is 0 Å². The SMILES string of the molecule is CCCCCCOc1ccc(NC(=O)OCC2COCCOCCOCCOCCOCCO2)cc1. The van der Waals surface area contributed by atoms with E-state index in [-0.39, 0.29) is 13.2 Å². The average molecular weight is 514 g/mol. The Morgan fingerprint density at radius 1 is 0.806 bits per heavy atom. The van der Waals surface area contributed by atoms with E-state index in [1.165, 1.54) is 19.3 Å². The minimum Gasteiger partial charge on any atom is -0.494 e. The number of rotatable bonds is 9. The van der Waals surface area contributed by atoms with E-state index < -0.39 is 12.2 Å². The number of nitrogens with one attached hydrogen (secondary N) is 1.